The van der Waals surface area contributed by atoms with Crippen molar-refractivity contribution in [2.24, 2.45) is 4.99 Å². The molecule has 24 heavy (non-hydrogen) atoms. The van der Waals surface area contributed by atoms with Gasteiger partial charge in [0, 0.05) is 17.7 Å². The number of nitrogens with one attached hydrogen (secondary N) is 1. The number of aliphatic imine (C=N–C) groups is 1. The number of allylic oxidation sites excluding steroid dienone is 3. The van der Waals surface area contributed by atoms with Crippen LogP contribution in [0.2, 0.25) is 0 Å². The van der Waals surface area contributed by atoms with Gasteiger partial charge in [-0.05, 0) is 36.6 Å². The zero-order chi connectivity index (χ0) is 16.4. The van der Waals surface area contributed by atoms with Gasteiger partial charge in [-0.25, -0.2) is 10.5 Å². The molecule has 0 unspecified atom stereocenters. The summed E-state index contributed by atoms with van der Waals surface area (Å²) in [6.07, 6.45) is 6.09. The van der Waals surface area contributed by atoms with Gasteiger partial charge >= 0.3 is 0 Å². The van der Waals surface area contributed by atoms with Crippen molar-refractivity contribution in [3.63, 3.8) is 0 Å². The minimum atomic E-state index is 0.426. The summed E-state index contributed by atoms with van der Waals surface area (Å²) in [6, 6.07) is 15.9. The van der Waals surface area contributed by atoms with Crippen LogP contribution >= 0.6 is 0 Å². The van der Waals surface area contributed by atoms with Crippen molar-refractivity contribution >= 4 is 11.4 Å². The van der Waals surface area contributed by atoms with Gasteiger partial charge in [0.05, 0.1) is 5.71 Å². The second-order valence-corrected chi connectivity index (χ2v) is 5.85. The zero-order valence-electron chi connectivity index (χ0n) is 13.2. The third-order valence-electron chi connectivity index (χ3n) is 4.24. The van der Waals surface area contributed by atoms with E-state index in [-0.39, 0.29) is 0 Å². The van der Waals surface area contributed by atoms with Crippen LogP contribution in [0.3, 0.4) is 0 Å². The van der Waals surface area contributed by atoms with Gasteiger partial charge in [0.25, 0.3) is 0 Å². The molecule has 0 atom stereocenters. The number of benzene rings is 2. The summed E-state index contributed by atoms with van der Waals surface area (Å²) in [5.41, 5.74) is 7.20. The Bertz CT molecular complexity index is 848. The molecule has 0 amide bonds. The molecule has 1 heterocycles. The predicted octanol–water partition coefficient (Wildman–Crippen LogP) is 4.28. The van der Waals surface area contributed by atoms with Gasteiger partial charge in [-0.1, -0.05) is 42.5 Å². The van der Waals surface area contributed by atoms with Crippen LogP contribution in [-0.2, 0) is 6.54 Å². The molecule has 2 aliphatic rings. The molecule has 1 aliphatic carbocycles. The highest BCUT2D eigenvalue weighted by atomic mass is 16.5. The van der Waals surface area contributed by atoms with Crippen LogP contribution < -0.4 is 10.2 Å². The molecule has 120 valence electrons. The molecule has 2 N–H and O–H groups in total. The van der Waals surface area contributed by atoms with Crippen molar-refractivity contribution in [3.05, 3.63) is 83.1 Å². The van der Waals surface area contributed by atoms with E-state index in [0.717, 1.165) is 52.4 Å². The van der Waals surface area contributed by atoms with E-state index in [4.69, 9.17) is 14.9 Å². The summed E-state index contributed by atoms with van der Waals surface area (Å²) in [6.45, 7) is 0.426. The van der Waals surface area contributed by atoms with E-state index in [1.165, 1.54) is 0 Å². The molecule has 2 aromatic carbocycles. The maximum Gasteiger partial charge on any atom is 0.153 e. The number of hydrogen-bond donors (Lipinski definition) is 2. The first-order valence-corrected chi connectivity index (χ1v) is 8.07. The van der Waals surface area contributed by atoms with E-state index in [0.29, 0.717) is 6.54 Å². The monoisotopic (exact) mass is 318 g/mol. The van der Waals surface area contributed by atoms with Crippen LogP contribution in [0.25, 0.3) is 0 Å². The Morgan fingerprint density at radius 1 is 1.08 bits per heavy atom. The molecule has 4 heteroatoms. The molecule has 0 saturated heterocycles. The molecule has 0 spiro atoms. The van der Waals surface area contributed by atoms with Gasteiger partial charge in [-0.2, -0.15) is 0 Å². The topological polar surface area (TPSA) is 53.8 Å². The average molecular weight is 318 g/mol. The van der Waals surface area contributed by atoms with Crippen LogP contribution in [0.1, 0.15) is 24.0 Å². The molecule has 0 fully saturated rings. The number of ether oxygens (including phenoxy) is 1. The number of rotatable bonds is 3. The lowest BCUT2D eigenvalue weighted by atomic mass is 9.93. The van der Waals surface area contributed by atoms with E-state index in [9.17, 15) is 0 Å². The summed E-state index contributed by atoms with van der Waals surface area (Å²) in [4.78, 5) is 4.90. The van der Waals surface area contributed by atoms with Gasteiger partial charge in [-0.15, -0.1) is 0 Å². The van der Waals surface area contributed by atoms with Crippen LogP contribution in [0.4, 0.5) is 5.69 Å². The van der Waals surface area contributed by atoms with E-state index in [1.807, 2.05) is 54.6 Å². The molecule has 0 aromatic heterocycles. The third-order valence-corrected chi connectivity index (χ3v) is 4.24. The maximum absolute atomic E-state index is 8.83. The number of para-hydroxylation sites is 2. The molecule has 0 saturated carbocycles. The van der Waals surface area contributed by atoms with Gasteiger partial charge in [0.1, 0.15) is 11.4 Å². The van der Waals surface area contributed by atoms with Gasteiger partial charge in [0.2, 0.25) is 0 Å². The highest BCUT2D eigenvalue weighted by Crippen LogP contribution is 2.36. The quantitative estimate of drug-likeness (QED) is 0.830. The third kappa shape index (κ3) is 2.77. The molecule has 4 rings (SSSR count). The lowest BCUT2D eigenvalue weighted by Gasteiger charge is -2.16. The summed E-state index contributed by atoms with van der Waals surface area (Å²) >= 11 is 0. The van der Waals surface area contributed by atoms with Crippen molar-refractivity contribution < 1.29 is 9.94 Å². The largest absolute Gasteiger partial charge is 0.455 e. The fraction of sp³-hybridized carbons (Fsp3) is 0.150. The standard InChI is InChI=1S/C20H18N2O2/c23-21-13-14-9-11-15(12-10-14)20-16-5-1-3-7-18(16)24-19-8-4-2-6-17(19)22-20/h2-4,6-12,21,23H,1,5,13H2. The zero-order valence-corrected chi connectivity index (χ0v) is 13.2. The molecular formula is C20H18N2O2. The summed E-state index contributed by atoms with van der Waals surface area (Å²) in [7, 11) is 0. The summed E-state index contributed by atoms with van der Waals surface area (Å²) < 4.78 is 6.11. The van der Waals surface area contributed by atoms with Crippen molar-refractivity contribution in [1.82, 2.24) is 5.48 Å². The predicted molar refractivity (Wildman–Crippen MR) is 93.7 cm³/mol. The number of nitrogens with zero attached hydrogens (tertiary/aromatic N) is 1. The Balaban J connectivity index is 1.83. The van der Waals surface area contributed by atoms with E-state index < -0.39 is 0 Å². The maximum atomic E-state index is 8.83. The second-order valence-electron chi connectivity index (χ2n) is 5.85. The van der Waals surface area contributed by atoms with Crippen molar-refractivity contribution in [1.29, 1.82) is 0 Å². The molecule has 2 aromatic rings. The van der Waals surface area contributed by atoms with E-state index in [1.54, 1.807) is 0 Å². The van der Waals surface area contributed by atoms with Gasteiger partial charge in [-0.3, -0.25) is 0 Å². The number of fused-ring (bicyclic) bond motifs is 1. The van der Waals surface area contributed by atoms with Crippen molar-refractivity contribution in [3.8, 4) is 5.75 Å². The SMILES string of the molecule is ONCc1ccc(C2=Nc3ccccc3OC3=C2CCC=C3)cc1. The lowest BCUT2D eigenvalue weighted by molar-refractivity contribution is 0.161. The first-order chi connectivity index (χ1) is 11.8. The molecule has 4 nitrogen and oxygen atoms in total. The Hall–Kier alpha value is -2.69. The van der Waals surface area contributed by atoms with Crippen LogP contribution in [0, 0.1) is 0 Å². The first kappa shape index (κ1) is 14.9. The normalized spacial score (nSPS) is 16.0. The van der Waals surface area contributed by atoms with E-state index in [2.05, 4.69) is 11.6 Å². The Morgan fingerprint density at radius 2 is 1.92 bits per heavy atom. The lowest BCUT2D eigenvalue weighted by Crippen LogP contribution is -2.11. The van der Waals surface area contributed by atoms with Crippen LogP contribution in [-0.4, -0.2) is 10.9 Å². The van der Waals surface area contributed by atoms with Crippen molar-refractivity contribution in [2.45, 2.75) is 19.4 Å². The number of hydroxylamine groups is 1. The highest BCUT2D eigenvalue weighted by Gasteiger charge is 2.22. The molecule has 0 bridgehead atoms. The number of hydrogen-bond acceptors (Lipinski definition) is 4. The fourth-order valence-electron chi connectivity index (χ4n) is 3.03. The van der Waals surface area contributed by atoms with Gasteiger partial charge < -0.3 is 9.94 Å². The second kappa shape index (κ2) is 6.43. The Morgan fingerprint density at radius 3 is 2.75 bits per heavy atom. The summed E-state index contributed by atoms with van der Waals surface area (Å²) in [5, 5.41) is 8.83. The smallest absolute Gasteiger partial charge is 0.153 e. The molecule has 1 aliphatic heterocycles. The summed E-state index contributed by atoms with van der Waals surface area (Å²) in [5.74, 6) is 1.67. The minimum absolute atomic E-state index is 0.426. The highest BCUT2D eigenvalue weighted by molar-refractivity contribution is 6.14. The van der Waals surface area contributed by atoms with Crippen molar-refractivity contribution in [2.75, 3.05) is 0 Å². The first-order valence-electron chi connectivity index (χ1n) is 8.07. The van der Waals surface area contributed by atoms with Gasteiger partial charge in [0.15, 0.2) is 5.75 Å². The van der Waals surface area contributed by atoms with Crippen LogP contribution in [0.15, 0.2) is 77.0 Å². The minimum Gasteiger partial charge on any atom is -0.455 e. The Labute approximate surface area is 140 Å². The molecular weight excluding hydrogens is 300 g/mol. The average Bonchev–Trinajstić information content (AvgIpc) is 2.79. The fourth-order valence-corrected chi connectivity index (χ4v) is 3.03. The molecule has 0 radical (unpaired) electrons. The van der Waals surface area contributed by atoms with E-state index >= 15 is 0 Å². The van der Waals surface area contributed by atoms with Crippen LogP contribution in [0.5, 0.6) is 5.75 Å². The Kier molecular flexibility index (Phi) is 3.99.